The van der Waals surface area contributed by atoms with Crippen LogP contribution in [0.4, 0.5) is 4.79 Å². The second-order valence-corrected chi connectivity index (χ2v) is 5.70. The summed E-state index contributed by atoms with van der Waals surface area (Å²) < 4.78 is 5.46. The average molecular weight is 223 g/mol. The smallest absolute Gasteiger partial charge is 0.411 e. The Kier molecular flexibility index (Phi) is 2.72. The van der Waals surface area contributed by atoms with E-state index in [-0.39, 0.29) is 6.09 Å². The van der Waals surface area contributed by atoms with Crippen LogP contribution in [0.1, 0.15) is 47.0 Å². The molecule has 16 heavy (non-hydrogen) atoms. The first-order valence-electron chi connectivity index (χ1n) is 6.09. The van der Waals surface area contributed by atoms with E-state index in [1.165, 1.54) is 5.57 Å². The molecule has 3 heteroatoms. The number of amides is 1. The van der Waals surface area contributed by atoms with Gasteiger partial charge in [-0.15, -0.1) is 0 Å². The number of ether oxygens (including phenoxy) is 1. The quantitative estimate of drug-likeness (QED) is 0.590. The molecule has 0 aromatic carbocycles. The predicted molar refractivity (Wildman–Crippen MR) is 63.3 cm³/mol. The van der Waals surface area contributed by atoms with E-state index in [4.69, 9.17) is 4.74 Å². The molecular formula is C13H21NO2. The van der Waals surface area contributed by atoms with Crippen LogP contribution in [0.25, 0.3) is 0 Å². The van der Waals surface area contributed by atoms with Gasteiger partial charge in [-0.2, -0.15) is 0 Å². The molecule has 1 amide bonds. The molecule has 0 unspecified atom stereocenters. The highest BCUT2D eigenvalue weighted by Crippen LogP contribution is 2.41. The Morgan fingerprint density at radius 3 is 2.62 bits per heavy atom. The van der Waals surface area contributed by atoms with E-state index >= 15 is 0 Å². The van der Waals surface area contributed by atoms with Crippen molar-refractivity contribution in [1.82, 2.24) is 4.90 Å². The fourth-order valence-electron chi connectivity index (χ4n) is 2.76. The molecule has 2 aliphatic heterocycles. The van der Waals surface area contributed by atoms with Gasteiger partial charge >= 0.3 is 6.09 Å². The topological polar surface area (TPSA) is 29.5 Å². The molecule has 2 aliphatic rings. The van der Waals surface area contributed by atoms with Crippen molar-refractivity contribution < 1.29 is 9.53 Å². The molecule has 0 saturated carbocycles. The van der Waals surface area contributed by atoms with Crippen LogP contribution in [-0.4, -0.2) is 28.7 Å². The molecule has 2 heterocycles. The molecule has 0 aromatic rings. The van der Waals surface area contributed by atoms with Gasteiger partial charge in [-0.1, -0.05) is 6.08 Å². The largest absolute Gasteiger partial charge is 0.444 e. The van der Waals surface area contributed by atoms with Crippen LogP contribution < -0.4 is 0 Å². The Hall–Kier alpha value is -0.990. The Bertz CT molecular complexity index is 327. The lowest BCUT2D eigenvalue weighted by Gasteiger charge is -2.27. The molecule has 3 nitrogen and oxygen atoms in total. The summed E-state index contributed by atoms with van der Waals surface area (Å²) in [5, 5.41) is 0. The minimum absolute atomic E-state index is 0.142. The lowest BCUT2D eigenvalue weighted by molar-refractivity contribution is 0.0224. The van der Waals surface area contributed by atoms with Crippen molar-refractivity contribution in [3.8, 4) is 0 Å². The van der Waals surface area contributed by atoms with Gasteiger partial charge in [0.05, 0.1) is 6.04 Å². The standard InChI is InChI=1S/C13H21NO2/c1-5-9-8-10-6-7-11(9)14(10)12(15)16-13(2,3)4/h5,10-11H,6-8H2,1-4H3/b9-5+/t10-,11+/m1/s1. The third-order valence-electron chi connectivity index (χ3n) is 3.38. The van der Waals surface area contributed by atoms with E-state index < -0.39 is 5.60 Å². The Balaban J connectivity index is 2.09. The van der Waals surface area contributed by atoms with Gasteiger partial charge in [0.2, 0.25) is 0 Å². The first-order valence-corrected chi connectivity index (χ1v) is 6.09. The van der Waals surface area contributed by atoms with Gasteiger partial charge in [0.15, 0.2) is 0 Å². The number of carbonyl (C=O) groups excluding carboxylic acids is 1. The normalized spacial score (nSPS) is 31.2. The molecule has 2 bridgehead atoms. The van der Waals surface area contributed by atoms with Crippen molar-refractivity contribution in [1.29, 1.82) is 0 Å². The summed E-state index contributed by atoms with van der Waals surface area (Å²) in [4.78, 5) is 14.0. The lowest BCUT2D eigenvalue weighted by atomic mass is 9.95. The zero-order valence-corrected chi connectivity index (χ0v) is 10.6. The van der Waals surface area contributed by atoms with Gasteiger partial charge in [-0.25, -0.2) is 4.79 Å². The molecule has 2 atom stereocenters. The van der Waals surface area contributed by atoms with Crippen molar-refractivity contribution in [3.05, 3.63) is 11.6 Å². The van der Waals surface area contributed by atoms with Gasteiger partial charge in [0.1, 0.15) is 5.60 Å². The van der Waals surface area contributed by atoms with Gasteiger partial charge in [0, 0.05) is 6.04 Å². The van der Waals surface area contributed by atoms with Crippen LogP contribution in [0, 0.1) is 0 Å². The van der Waals surface area contributed by atoms with Crippen LogP contribution in [0.2, 0.25) is 0 Å². The lowest BCUT2D eigenvalue weighted by Crippen LogP contribution is -2.39. The van der Waals surface area contributed by atoms with Crippen LogP contribution in [0.5, 0.6) is 0 Å². The van der Waals surface area contributed by atoms with Crippen molar-refractivity contribution in [3.63, 3.8) is 0 Å². The Morgan fingerprint density at radius 1 is 1.44 bits per heavy atom. The highest BCUT2D eigenvalue weighted by Gasteiger charge is 2.46. The van der Waals surface area contributed by atoms with Crippen LogP contribution >= 0.6 is 0 Å². The third-order valence-corrected chi connectivity index (χ3v) is 3.38. The van der Waals surface area contributed by atoms with Crippen molar-refractivity contribution in [2.24, 2.45) is 0 Å². The van der Waals surface area contributed by atoms with Gasteiger partial charge in [-0.05, 0) is 52.5 Å². The molecule has 2 rings (SSSR count). The van der Waals surface area contributed by atoms with Crippen LogP contribution in [0.15, 0.2) is 11.6 Å². The summed E-state index contributed by atoms with van der Waals surface area (Å²) in [6.45, 7) is 7.81. The molecule has 0 radical (unpaired) electrons. The summed E-state index contributed by atoms with van der Waals surface area (Å²) >= 11 is 0. The van der Waals surface area contributed by atoms with Gasteiger partial charge < -0.3 is 4.74 Å². The third kappa shape index (κ3) is 1.95. The van der Waals surface area contributed by atoms with Crippen molar-refractivity contribution >= 4 is 6.09 Å². The summed E-state index contributed by atoms with van der Waals surface area (Å²) in [6.07, 6.45) is 5.28. The number of allylic oxidation sites excluding steroid dienone is 1. The van der Waals surface area contributed by atoms with Crippen LogP contribution in [0.3, 0.4) is 0 Å². The fourth-order valence-corrected chi connectivity index (χ4v) is 2.76. The second kappa shape index (κ2) is 3.79. The molecule has 0 aliphatic carbocycles. The maximum absolute atomic E-state index is 12.1. The number of hydrogen-bond acceptors (Lipinski definition) is 2. The summed E-state index contributed by atoms with van der Waals surface area (Å²) in [5.74, 6) is 0. The molecule has 90 valence electrons. The van der Waals surface area contributed by atoms with Crippen molar-refractivity contribution in [2.45, 2.75) is 64.6 Å². The maximum atomic E-state index is 12.1. The van der Waals surface area contributed by atoms with E-state index in [1.807, 2.05) is 25.7 Å². The van der Waals surface area contributed by atoms with E-state index in [2.05, 4.69) is 13.0 Å². The number of nitrogens with zero attached hydrogens (tertiary/aromatic N) is 1. The number of hydrogen-bond donors (Lipinski definition) is 0. The van der Waals surface area contributed by atoms with E-state index in [0.717, 1.165) is 19.3 Å². The van der Waals surface area contributed by atoms with Gasteiger partial charge in [0.25, 0.3) is 0 Å². The average Bonchev–Trinajstić information content (AvgIpc) is 2.70. The molecule has 2 saturated heterocycles. The number of carbonyl (C=O) groups is 1. The van der Waals surface area contributed by atoms with E-state index in [9.17, 15) is 4.79 Å². The Labute approximate surface area is 97.5 Å². The van der Waals surface area contributed by atoms with Gasteiger partial charge in [-0.3, -0.25) is 4.90 Å². The fraction of sp³-hybridized carbons (Fsp3) is 0.769. The summed E-state index contributed by atoms with van der Waals surface area (Å²) in [5.41, 5.74) is 1.01. The van der Waals surface area contributed by atoms with Crippen molar-refractivity contribution in [2.75, 3.05) is 0 Å². The molecule has 0 aromatic heterocycles. The monoisotopic (exact) mass is 223 g/mol. The molecule has 0 spiro atoms. The molecule has 0 N–H and O–H groups in total. The zero-order chi connectivity index (χ0) is 11.9. The van der Waals surface area contributed by atoms with E-state index in [0.29, 0.717) is 12.1 Å². The zero-order valence-electron chi connectivity index (χ0n) is 10.6. The minimum atomic E-state index is -0.394. The van der Waals surface area contributed by atoms with E-state index in [1.54, 1.807) is 0 Å². The molecular weight excluding hydrogens is 202 g/mol. The second-order valence-electron chi connectivity index (χ2n) is 5.70. The first-order chi connectivity index (χ1) is 7.42. The first kappa shape index (κ1) is 11.5. The number of fused-ring (bicyclic) bond motifs is 2. The SMILES string of the molecule is C/C=C1\C[C@H]2CC[C@@H]1N2C(=O)OC(C)(C)C. The maximum Gasteiger partial charge on any atom is 0.411 e. The summed E-state index contributed by atoms with van der Waals surface area (Å²) in [7, 11) is 0. The predicted octanol–water partition coefficient (Wildman–Crippen LogP) is 3.10. The highest BCUT2D eigenvalue weighted by molar-refractivity contribution is 5.71. The Morgan fingerprint density at radius 2 is 2.12 bits per heavy atom. The molecule has 2 fully saturated rings. The van der Waals surface area contributed by atoms with Crippen LogP contribution in [-0.2, 0) is 4.74 Å². The highest BCUT2D eigenvalue weighted by atomic mass is 16.6. The summed E-state index contributed by atoms with van der Waals surface area (Å²) in [6, 6.07) is 0.691. The minimum Gasteiger partial charge on any atom is -0.444 e. The number of rotatable bonds is 0.